The summed E-state index contributed by atoms with van der Waals surface area (Å²) in [6.45, 7) is 1.76. The van der Waals surface area contributed by atoms with Crippen molar-refractivity contribution >= 4 is 17.3 Å². The fourth-order valence-corrected chi connectivity index (χ4v) is 1.93. The highest BCUT2D eigenvalue weighted by Gasteiger charge is 2.25. The molecule has 1 aliphatic rings. The van der Waals surface area contributed by atoms with E-state index in [2.05, 4.69) is 17.3 Å². The molecule has 1 saturated carbocycles. The Bertz CT molecular complexity index is 444. The molecule has 1 fully saturated rings. The van der Waals surface area contributed by atoms with Gasteiger partial charge in [-0.3, -0.25) is 0 Å². The molecular formula is C13H19N3O2. The van der Waals surface area contributed by atoms with Crippen molar-refractivity contribution in [1.82, 2.24) is 4.90 Å². The smallest absolute Gasteiger partial charge is 0.337 e. The molecule has 5 nitrogen and oxygen atoms in total. The number of nitrogens with two attached hydrogens (primary N) is 1. The Balaban J connectivity index is 1.88. The number of aromatic carboxylic acids is 1. The standard InChI is InChI=1S/C13H19N3O2/c1-16(10-3-4-10)7-6-15-9-2-5-12(14)11(8-9)13(17)18/h2,5,8,10,15H,3-4,6-7,14H2,1H3,(H,17,18). The van der Waals surface area contributed by atoms with Gasteiger partial charge in [-0.15, -0.1) is 0 Å². The molecule has 0 radical (unpaired) electrons. The number of nitrogens with zero attached hydrogens (tertiary/aromatic N) is 1. The Morgan fingerprint density at radius 3 is 2.89 bits per heavy atom. The lowest BCUT2D eigenvalue weighted by Gasteiger charge is -2.16. The topological polar surface area (TPSA) is 78.6 Å². The molecule has 0 aromatic heterocycles. The summed E-state index contributed by atoms with van der Waals surface area (Å²) in [5.41, 5.74) is 6.84. The lowest BCUT2D eigenvalue weighted by Crippen LogP contribution is -2.27. The van der Waals surface area contributed by atoms with Crippen LogP contribution in [0.3, 0.4) is 0 Å². The summed E-state index contributed by atoms with van der Waals surface area (Å²) in [7, 11) is 2.12. The minimum atomic E-state index is -0.994. The van der Waals surface area contributed by atoms with Gasteiger partial charge in [0, 0.05) is 30.5 Å². The van der Waals surface area contributed by atoms with E-state index in [0.29, 0.717) is 5.69 Å². The third-order valence-corrected chi connectivity index (χ3v) is 3.25. The highest BCUT2D eigenvalue weighted by atomic mass is 16.4. The van der Waals surface area contributed by atoms with E-state index in [1.165, 1.54) is 12.8 Å². The van der Waals surface area contributed by atoms with Crippen molar-refractivity contribution in [3.8, 4) is 0 Å². The van der Waals surface area contributed by atoms with Crippen molar-refractivity contribution in [2.45, 2.75) is 18.9 Å². The number of hydrogen-bond donors (Lipinski definition) is 3. The van der Waals surface area contributed by atoms with Gasteiger partial charge >= 0.3 is 5.97 Å². The SMILES string of the molecule is CN(CCNc1ccc(N)c(C(=O)O)c1)C1CC1. The van der Waals surface area contributed by atoms with Crippen LogP contribution in [0, 0.1) is 0 Å². The van der Waals surface area contributed by atoms with E-state index in [0.717, 1.165) is 24.8 Å². The predicted molar refractivity (Wildman–Crippen MR) is 72.0 cm³/mol. The van der Waals surface area contributed by atoms with Gasteiger partial charge in [-0.25, -0.2) is 4.79 Å². The first-order valence-corrected chi connectivity index (χ1v) is 6.15. The highest BCUT2D eigenvalue weighted by Crippen LogP contribution is 2.24. The van der Waals surface area contributed by atoms with Crippen molar-refractivity contribution in [2.75, 3.05) is 31.2 Å². The monoisotopic (exact) mass is 249 g/mol. The van der Waals surface area contributed by atoms with Gasteiger partial charge < -0.3 is 21.1 Å². The van der Waals surface area contributed by atoms with E-state index in [4.69, 9.17) is 10.8 Å². The van der Waals surface area contributed by atoms with E-state index < -0.39 is 5.97 Å². The molecule has 0 unspecified atom stereocenters. The molecule has 0 aliphatic heterocycles. The van der Waals surface area contributed by atoms with Crippen LogP contribution in [0.15, 0.2) is 18.2 Å². The zero-order valence-corrected chi connectivity index (χ0v) is 10.5. The Morgan fingerprint density at radius 1 is 1.56 bits per heavy atom. The fraction of sp³-hybridized carbons (Fsp3) is 0.462. The Morgan fingerprint density at radius 2 is 2.28 bits per heavy atom. The summed E-state index contributed by atoms with van der Waals surface area (Å²) < 4.78 is 0. The molecule has 4 N–H and O–H groups in total. The van der Waals surface area contributed by atoms with Gasteiger partial charge in [0.05, 0.1) is 5.56 Å². The van der Waals surface area contributed by atoms with Crippen molar-refractivity contribution in [3.63, 3.8) is 0 Å². The third kappa shape index (κ3) is 3.13. The molecule has 0 amide bonds. The van der Waals surface area contributed by atoms with Crippen LogP contribution < -0.4 is 11.1 Å². The number of carboxylic acids is 1. The second-order valence-electron chi connectivity index (χ2n) is 4.75. The predicted octanol–water partition coefficient (Wildman–Crippen LogP) is 1.47. The number of carboxylic acid groups (broad SMARTS) is 1. The van der Waals surface area contributed by atoms with Crippen LogP contribution in [0.2, 0.25) is 0 Å². The summed E-state index contributed by atoms with van der Waals surface area (Å²) in [6, 6.07) is 5.75. The second kappa shape index (κ2) is 5.27. The minimum absolute atomic E-state index is 0.149. The van der Waals surface area contributed by atoms with Gasteiger partial charge in [0.25, 0.3) is 0 Å². The number of nitrogens with one attached hydrogen (secondary N) is 1. The van der Waals surface area contributed by atoms with Crippen LogP contribution in [-0.4, -0.2) is 42.2 Å². The second-order valence-corrected chi connectivity index (χ2v) is 4.75. The summed E-state index contributed by atoms with van der Waals surface area (Å²) in [6.07, 6.45) is 2.59. The van der Waals surface area contributed by atoms with E-state index in [-0.39, 0.29) is 5.56 Å². The molecule has 1 aromatic rings. The molecule has 5 heteroatoms. The zero-order chi connectivity index (χ0) is 13.1. The summed E-state index contributed by atoms with van der Waals surface area (Å²) in [5, 5.41) is 12.2. The van der Waals surface area contributed by atoms with Crippen LogP contribution in [0.5, 0.6) is 0 Å². The molecule has 18 heavy (non-hydrogen) atoms. The van der Waals surface area contributed by atoms with E-state index >= 15 is 0 Å². The average Bonchev–Trinajstić information content (AvgIpc) is 3.14. The molecule has 0 spiro atoms. The van der Waals surface area contributed by atoms with Crippen molar-refractivity contribution in [3.05, 3.63) is 23.8 Å². The maximum Gasteiger partial charge on any atom is 0.337 e. The number of hydrogen-bond acceptors (Lipinski definition) is 4. The molecule has 2 rings (SSSR count). The molecule has 0 bridgehead atoms. The number of likely N-dealkylation sites (N-methyl/N-ethyl adjacent to an activating group) is 1. The Labute approximate surface area is 107 Å². The zero-order valence-electron chi connectivity index (χ0n) is 10.5. The van der Waals surface area contributed by atoms with Crippen molar-refractivity contribution < 1.29 is 9.90 Å². The maximum atomic E-state index is 10.9. The van der Waals surface area contributed by atoms with Crippen LogP contribution >= 0.6 is 0 Å². The largest absolute Gasteiger partial charge is 0.478 e. The first kappa shape index (κ1) is 12.7. The number of carbonyl (C=O) groups is 1. The van der Waals surface area contributed by atoms with Gasteiger partial charge in [-0.1, -0.05) is 0 Å². The summed E-state index contributed by atoms with van der Waals surface area (Å²) in [4.78, 5) is 13.3. The maximum absolute atomic E-state index is 10.9. The molecule has 0 heterocycles. The first-order valence-electron chi connectivity index (χ1n) is 6.15. The normalized spacial score (nSPS) is 14.8. The van der Waals surface area contributed by atoms with Gasteiger partial charge in [-0.2, -0.15) is 0 Å². The lowest BCUT2D eigenvalue weighted by atomic mass is 10.1. The average molecular weight is 249 g/mol. The fourth-order valence-electron chi connectivity index (χ4n) is 1.93. The Kier molecular flexibility index (Phi) is 3.72. The van der Waals surface area contributed by atoms with E-state index in [9.17, 15) is 4.79 Å². The van der Waals surface area contributed by atoms with E-state index in [1.807, 2.05) is 0 Å². The molecule has 0 atom stereocenters. The van der Waals surface area contributed by atoms with Gasteiger partial charge in [0.15, 0.2) is 0 Å². The van der Waals surface area contributed by atoms with Crippen molar-refractivity contribution in [1.29, 1.82) is 0 Å². The number of benzene rings is 1. The van der Waals surface area contributed by atoms with Crippen LogP contribution in [0.25, 0.3) is 0 Å². The summed E-state index contributed by atoms with van der Waals surface area (Å²) in [5.74, 6) is -0.994. The number of nitrogen functional groups attached to an aromatic ring is 1. The van der Waals surface area contributed by atoms with Gasteiger partial charge in [0.1, 0.15) is 0 Å². The highest BCUT2D eigenvalue weighted by molar-refractivity contribution is 5.94. The third-order valence-electron chi connectivity index (χ3n) is 3.25. The van der Waals surface area contributed by atoms with E-state index in [1.54, 1.807) is 18.2 Å². The van der Waals surface area contributed by atoms with Crippen molar-refractivity contribution in [2.24, 2.45) is 0 Å². The number of rotatable bonds is 6. The van der Waals surface area contributed by atoms with Gasteiger partial charge in [-0.05, 0) is 38.1 Å². The van der Waals surface area contributed by atoms with Crippen LogP contribution in [-0.2, 0) is 0 Å². The molecule has 1 aliphatic carbocycles. The van der Waals surface area contributed by atoms with Gasteiger partial charge in [0.2, 0.25) is 0 Å². The summed E-state index contributed by atoms with van der Waals surface area (Å²) >= 11 is 0. The lowest BCUT2D eigenvalue weighted by molar-refractivity contribution is 0.0698. The quantitative estimate of drug-likeness (QED) is 0.665. The minimum Gasteiger partial charge on any atom is -0.478 e. The first-order chi connectivity index (χ1) is 8.58. The number of anilines is 2. The molecule has 0 saturated heterocycles. The van der Waals surface area contributed by atoms with Crippen LogP contribution in [0.4, 0.5) is 11.4 Å². The van der Waals surface area contributed by atoms with Crippen LogP contribution in [0.1, 0.15) is 23.2 Å². The Hall–Kier alpha value is -1.75. The molecule has 1 aromatic carbocycles. The molecular weight excluding hydrogens is 230 g/mol. The molecule has 98 valence electrons.